The number of hydrogen-bond donors (Lipinski definition) is 0. The molecule has 0 saturated heterocycles. The Labute approximate surface area is 89.3 Å². The zero-order chi connectivity index (χ0) is 10.1. The van der Waals surface area contributed by atoms with Gasteiger partial charge in [-0.05, 0) is 36.0 Å². The van der Waals surface area contributed by atoms with Crippen LogP contribution in [-0.4, -0.2) is 0 Å². The predicted molar refractivity (Wildman–Crippen MR) is 57.3 cm³/mol. The maximum atomic E-state index is 8.73. The molecule has 1 aliphatic rings. The molecule has 14 heavy (non-hydrogen) atoms. The van der Waals surface area contributed by atoms with Crippen molar-refractivity contribution in [2.75, 3.05) is 0 Å². The fourth-order valence-electron chi connectivity index (χ4n) is 1.96. The number of halogens is 1. The zero-order valence-electron chi connectivity index (χ0n) is 8.13. The van der Waals surface area contributed by atoms with Gasteiger partial charge in [-0.1, -0.05) is 31.0 Å². The second-order valence-corrected chi connectivity index (χ2v) is 4.27. The molecule has 1 fully saturated rings. The highest BCUT2D eigenvalue weighted by atomic mass is 35.5. The van der Waals surface area contributed by atoms with E-state index in [-0.39, 0.29) is 0 Å². The van der Waals surface area contributed by atoms with Crippen LogP contribution in [0.5, 0.6) is 0 Å². The fraction of sp³-hybridized carbons (Fsp3) is 0.417. The first-order valence-corrected chi connectivity index (χ1v) is 5.33. The normalized spacial score (nSPS) is 24.4. The third kappa shape index (κ3) is 1.63. The molecule has 1 aromatic carbocycles. The molecular weight excluding hydrogens is 194 g/mol. The average molecular weight is 206 g/mol. The lowest BCUT2D eigenvalue weighted by Gasteiger charge is -2.01. The lowest BCUT2D eigenvalue weighted by molar-refractivity contribution is 0.766. The first-order chi connectivity index (χ1) is 6.76. The molecule has 0 aliphatic heterocycles. The van der Waals surface area contributed by atoms with E-state index < -0.39 is 0 Å². The van der Waals surface area contributed by atoms with E-state index in [1.807, 2.05) is 18.2 Å². The predicted octanol–water partition coefficient (Wildman–Crippen LogP) is 3.73. The first-order valence-electron chi connectivity index (χ1n) is 4.95. The van der Waals surface area contributed by atoms with Crippen LogP contribution in [0.25, 0.3) is 0 Å². The van der Waals surface area contributed by atoms with E-state index in [4.69, 9.17) is 16.9 Å². The first kappa shape index (κ1) is 9.55. The standard InChI is InChI=1S/C12H12ClN/c1-2-8-5-11(8)9-3-4-10(7-14)12(13)6-9/h3-4,6,8,11H,2,5H2,1H3/t8-,11-/m0/s1. The van der Waals surface area contributed by atoms with Gasteiger partial charge in [0.05, 0.1) is 10.6 Å². The molecule has 1 aromatic rings. The summed E-state index contributed by atoms with van der Waals surface area (Å²) in [6.07, 6.45) is 2.51. The van der Waals surface area contributed by atoms with Gasteiger partial charge in [-0.3, -0.25) is 0 Å². The molecule has 2 atom stereocenters. The molecule has 1 saturated carbocycles. The molecule has 2 rings (SSSR count). The van der Waals surface area contributed by atoms with Gasteiger partial charge in [0.2, 0.25) is 0 Å². The highest BCUT2D eigenvalue weighted by molar-refractivity contribution is 6.31. The summed E-state index contributed by atoms with van der Waals surface area (Å²) in [7, 11) is 0. The van der Waals surface area contributed by atoms with E-state index >= 15 is 0 Å². The van der Waals surface area contributed by atoms with Crippen LogP contribution in [0.15, 0.2) is 18.2 Å². The van der Waals surface area contributed by atoms with Crippen LogP contribution < -0.4 is 0 Å². The summed E-state index contributed by atoms with van der Waals surface area (Å²) in [5, 5.41) is 9.32. The van der Waals surface area contributed by atoms with E-state index in [9.17, 15) is 0 Å². The lowest BCUT2D eigenvalue weighted by atomic mass is 10.1. The quantitative estimate of drug-likeness (QED) is 0.722. The second-order valence-electron chi connectivity index (χ2n) is 3.86. The summed E-state index contributed by atoms with van der Waals surface area (Å²) in [6.45, 7) is 2.22. The van der Waals surface area contributed by atoms with Crippen LogP contribution >= 0.6 is 11.6 Å². The van der Waals surface area contributed by atoms with Gasteiger partial charge in [-0.2, -0.15) is 5.26 Å². The maximum absolute atomic E-state index is 8.73. The summed E-state index contributed by atoms with van der Waals surface area (Å²) >= 11 is 5.97. The molecule has 0 bridgehead atoms. The van der Waals surface area contributed by atoms with Crippen molar-refractivity contribution in [2.45, 2.75) is 25.7 Å². The average Bonchev–Trinajstić information content (AvgIpc) is 2.96. The minimum absolute atomic E-state index is 0.573. The maximum Gasteiger partial charge on any atom is 0.101 e. The molecule has 0 aromatic heterocycles. The monoisotopic (exact) mass is 205 g/mol. The molecule has 1 nitrogen and oxygen atoms in total. The van der Waals surface area contributed by atoms with Gasteiger partial charge < -0.3 is 0 Å². The second kappa shape index (κ2) is 3.63. The molecule has 2 heteroatoms. The van der Waals surface area contributed by atoms with Crippen LogP contribution in [-0.2, 0) is 0 Å². The Morgan fingerprint density at radius 3 is 2.86 bits per heavy atom. The Morgan fingerprint density at radius 1 is 1.57 bits per heavy atom. The number of nitrogens with zero attached hydrogens (tertiary/aromatic N) is 1. The van der Waals surface area contributed by atoms with Crippen LogP contribution in [0.1, 0.15) is 36.8 Å². The summed E-state index contributed by atoms with van der Waals surface area (Å²) in [5.74, 6) is 1.52. The zero-order valence-corrected chi connectivity index (χ0v) is 8.88. The molecule has 1 aliphatic carbocycles. The van der Waals surface area contributed by atoms with E-state index in [0.717, 1.165) is 5.92 Å². The van der Waals surface area contributed by atoms with Gasteiger partial charge >= 0.3 is 0 Å². The van der Waals surface area contributed by atoms with Gasteiger partial charge in [-0.25, -0.2) is 0 Å². The Kier molecular flexibility index (Phi) is 2.48. The van der Waals surface area contributed by atoms with Crippen LogP contribution in [0.2, 0.25) is 5.02 Å². The molecule has 0 N–H and O–H groups in total. The number of benzene rings is 1. The molecule has 0 spiro atoms. The Morgan fingerprint density at radius 2 is 2.36 bits per heavy atom. The topological polar surface area (TPSA) is 23.8 Å². The highest BCUT2D eigenvalue weighted by Gasteiger charge is 2.36. The van der Waals surface area contributed by atoms with Crippen molar-refractivity contribution in [1.82, 2.24) is 0 Å². The van der Waals surface area contributed by atoms with Gasteiger partial charge in [0.25, 0.3) is 0 Å². The van der Waals surface area contributed by atoms with Crippen molar-refractivity contribution in [1.29, 1.82) is 5.26 Å². The van der Waals surface area contributed by atoms with Crippen molar-refractivity contribution in [3.8, 4) is 6.07 Å². The van der Waals surface area contributed by atoms with E-state index in [1.165, 1.54) is 18.4 Å². The minimum Gasteiger partial charge on any atom is -0.192 e. The highest BCUT2D eigenvalue weighted by Crippen LogP contribution is 2.49. The summed E-state index contributed by atoms with van der Waals surface area (Å²) in [6, 6.07) is 7.87. The fourth-order valence-corrected chi connectivity index (χ4v) is 2.19. The van der Waals surface area contributed by atoms with Crippen LogP contribution in [0.3, 0.4) is 0 Å². The van der Waals surface area contributed by atoms with Gasteiger partial charge in [0.1, 0.15) is 6.07 Å². The molecule has 0 unspecified atom stereocenters. The third-order valence-corrected chi connectivity index (χ3v) is 3.30. The molecule has 0 amide bonds. The number of nitriles is 1. The summed E-state index contributed by atoms with van der Waals surface area (Å²) < 4.78 is 0. The molecule has 0 radical (unpaired) electrons. The van der Waals surface area contributed by atoms with Crippen LogP contribution in [0, 0.1) is 17.2 Å². The van der Waals surface area contributed by atoms with Gasteiger partial charge in [-0.15, -0.1) is 0 Å². The lowest BCUT2D eigenvalue weighted by Crippen LogP contribution is -1.85. The molecular formula is C12H12ClN. The van der Waals surface area contributed by atoms with E-state index in [1.54, 1.807) is 0 Å². The smallest absolute Gasteiger partial charge is 0.101 e. The Hall–Kier alpha value is -1.00. The van der Waals surface area contributed by atoms with Crippen molar-refractivity contribution in [3.05, 3.63) is 34.3 Å². The minimum atomic E-state index is 0.573. The van der Waals surface area contributed by atoms with Crippen LogP contribution in [0.4, 0.5) is 0 Å². The number of hydrogen-bond acceptors (Lipinski definition) is 1. The van der Waals surface area contributed by atoms with Crippen molar-refractivity contribution in [3.63, 3.8) is 0 Å². The largest absolute Gasteiger partial charge is 0.192 e. The van der Waals surface area contributed by atoms with Crippen molar-refractivity contribution in [2.24, 2.45) is 5.92 Å². The van der Waals surface area contributed by atoms with Crippen molar-refractivity contribution < 1.29 is 0 Å². The van der Waals surface area contributed by atoms with E-state index in [0.29, 0.717) is 16.5 Å². The SMILES string of the molecule is CC[C@H]1C[C@@H]1c1ccc(C#N)c(Cl)c1. The van der Waals surface area contributed by atoms with E-state index in [2.05, 4.69) is 13.0 Å². The van der Waals surface area contributed by atoms with Gasteiger partial charge in [0.15, 0.2) is 0 Å². The number of rotatable bonds is 2. The van der Waals surface area contributed by atoms with Gasteiger partial charge in [0, 0.05) is 0 Å². The Balaban J connectivity index is 2.23. The Bertz CT molecular complexity index is 392. The summed E-state index contributed by atoms with van der Waals surface area (Å²) in [4.78, 5) is 0. The van der Waals surface area contributed by atoms with Crippen molar-refractivity contribution >= 4 is 11.6 Å². The summed E-state index contributed by atoms with van der Waals surface area (Å²) in [5.41, 5.74) is 1.87. The third-order valence-electron chi connectivity index (χ3n) is 2.99. The molecule has 72 valence electrons. The molecule has 0 heterocycles.